The number of phenolic OH excluding ortho intramolecular Hbond substituents is 2. The van der Waals surface area contributed by atoms with Gasteiger partial charge in [-0.3, -0.25) is 0 Å². The van der Waals surface area contributed by atoms with E-state index in [4.69, 9.17) is 11.5 Å². The molecule has 32 heavy (non-hydrogen) atoms. The minimum atomic E-state index is 0.181. The zero-order valence-electron chi connectivity index (χ0n) is 20.8. The Morgan fingerprint density at radius 2 is 0.906 bits per heavy atom. The number of hydrogen-bond acceptors (Lipinski definition) is 4. The van der Waals surface area contributed by atoms with Crippen LogP contribution in [0.1, 0.15) is 112 Å². The maximum absolute atomic E-state index is 10.8. The standard InChI is InChI=1S/C28H40N2O2/c1-15(2)19-9-21(27(31)23(11-19)17(5)6)13-25(29)26(30)14-22-10-20(16(3)4)12-24(18(7)8)28(22)32/h9-18,31-32H,29-30H2,1-8H3. The summed E-state index contributed by atoms with van der Waals surface area (Å²) < 4.78 is 0. The molecule has 0 aromatic heterocycles. The lowest BCUT2D eigenvalue weighted by molar-refractivity contribution is 0.462. The van der Waals surface area contributed by atoms with E-state index >= 15 is 0 Å². The average Bonchev–Trinajstić information content (AvgIpc) is 2.69. The lowest BCUT2D eigenvalue weighted by atomic mass is 9.91. The molecule has 0 unspecified atom stereocenters. The van der Waals surface area contributed by atoms with Crippen molar-refractivity contribution in [3.63, 3.8) is 0 Å². The monoisotopic (exact) mass is 436 g/mol. The molecule has 0 aliphatic rings. The Morgan fingerprint density at radius 3 is 1.16 bits per heavy atom. The highest BCUT2D eigenvalue weighted by Gasteiger charge is 2.16. The first kappa shape index (κ1) is 25.4. The molecule has 4 heteroatoms. The molecule has 0 heterocycles. The van der Waals surface area contributed by atoms with Crippen LogP contribution in [0.4, 0.5) is 0 Å². The van der Waals surface area contributed by atoms with Gasteiger partial charge in [-0.1, -0.05) is 67.5 Å². The minimum absolute atomic E-state index is 0.181. The molecule has 2 rings (SSSR count). The maximum atomic E-state index is 10.8. The molecule has 0 aliphatic heterocycles. The van der Waals surface area contributed by atoms with Gasteiger partial charge in [0.2, 0.25) is 0 Å². The van der Waals surface area contributed by atoms with E-state index in [1.807, 2.05) is 12.1 Å². The summed E-state index contributed by atoms with van der Waals surface area (Å²) in [5.74, 6) is 1.46. The predicted molar refractivity (Wildman–Crippen MR) is 137 cm³/mol. The van der Waals surface area contributed by atoms with Gasteiger partial charge in [-0.05, 0) is 70.2 Å². The summed E-state index contributed by atoms with van der Waals surface area (Å²) in [6.45, 7) is 16.7. The van der Waals surface area contributed by atoms with E-state index in [1.165, 1.54) is 0 Å². The summed E-state index contributed by atoms with van der Waals surface area (Å²) >= 11 is 0. The molecule has 4 nitrogen and oxygen atoms in total. The average molecular weight is 437 g/mol. The van der Waals surface area contributed by atoms with Gasteiger partial charge in [-0.25, -0.2) is 0 Å². The maximum Gasteiger partial charge on any atom is 0.126 e. The fraction of sp³-hybridized carbons (Fsp3) is 0.429. The SMILES string of the molecule is CC(C)c1cc(C=C(N)C(N)=Cc2cc(C(C)C)cc(C(C)C)c2O)c(O)c(C(C)C)c1. The highest BCUT2D eigenvalue weighted by molar-refractivity contribution is 5.71. The van der Waals surface area contributed by atoms with Crippen molar-refractivity contribution < 1.29 is 10.2 Å². The molecular formula is C28H40N2O2. The smallest absolute Gasteiger partial charge is 0.126 e. The molecule has 0 bridgehead atoms. The largest absolute Gasteiger partial charge is 0.507 e. The summed E-state index contributed by atoms with van der Waals surface area (Å²) in [4.78, 5) is 0. The van der Waals surface area contributed by atoms with Crippen molar-refractivity contribution in [2.24, 2.45) is 11.5 Å². The van der Waals surface area contributed by atoms with Crippen LogP contribution < -0.4 is 11.5 Å². The van der Waals surface area contributed by atoms with Gasteiger partial charge >= 0.3 is 0 Å². The van der Waals surface area contributed by atoms with Gasteiger partial charge in [-0.15, -0.1) is 0 Å². The Kier molecular flexibility index (Phi) is 8.06. The Balaban J connectivity index is 2.59. The summed E-state index contributed by atoms with van der Waals surface area (Å²) in [5, 5.41) is 21.6. The van der Waals surface area contributed by atoms with Crippen molar-refractivity contribution in [3.05, 3.63) is 69.0 Å². The zero-order valence-corrected chi connectivity index (χ0v) is 20.8. The molecule has 0 amide bonds. The van der Waals surface area contributed by atoms with E-state index in [9.17, 15) is 10.2 Å². The third kappa shape index (κ3) is 5.67. The molecule has 0 atom stereocenters. The number of benzene rings is 2. The Morgan fingerprint density at radius 1 is 0.594 bits per heavy atom. The highest BCUT2D eigenvalue weighted by Crippen LogP contribution is 2.36. The van der Waals surface area contributed by atoms with Gasteiger partial charge in [-0.2, -0.15) is 0 Å². The molecule has 174 valence electrons. The van der Waals surface area contributed by atoms with E-state index in [1.54, 1.807) is 12.2 Å². The van der Waals surface area contributed by atoms with Gasteiger partial charge in [0, 0.05) is 11.1 Å². The first-order chi connectivity index (χ1) is 14.8. The fourth-order valence-electron chi connectivity index (χ4n) is 3.68. The van der Waals surface area contributed by atoms with Crippen LogP contribution in [-0.2, 0) is 0 Å². The molecule has 2 aromatic carbocycles. The van der Waals surface area contributed by atoms with Crippen LogP contribution in [0.3, 0.4) is 0 Å². The second-order valence-corrected chi connectivity index (χ2v) is 9.91. The van der Waals surface area contributed by atoms with Gasteiger partial charge < -0.3 is 21.7 Å². The van der Waals surface area contributed by atoms with Crippen LogP contribution >= 0.6 is 0 Å². The van der Waals surface area contributed by atoms with Gasteiger partial charge in [0.05, 0.1) is 11.4 Å². The predicted octanol–water partition coefficient (Wildman–Crippen LogP) is 6.89. The molecule has 0 saturated carbocycles. The normalized spacial score (nSPS) is 13.1. The summed E-state index contributed by atoms with van der Waals surface area (Å²) in [5.41, 5.74) is 18.7. The van der Waals surface area contributed by atoms with E-state index in [0.29, 0.717) is 34.4 Å². The topological polar surface area (TPSA) is 92.5 Å². The molecular weight excluding hydrogens is 396 g/mol. The Hall–Kier alpha value is -2.88. The van der Waals surface area contributed by atoms with Crippen molar-refractivity contribution >= 4 is 12.2 Å². The second kappa shape index (κ2) is 10.2. The van der Waals surface area contributed by atoms with Crippen molar-refractivity contribution in [3.8, 4) is 11.5 Å². The van der Waals surface area contributed by atoms with Gasteiger partial charge in [0.1, 0.15) is 11.5 Å². The highest BCUT2D eigenvalue weighted by atomic mass is 16.3. The molecule has 2 aromatic rings. The number of nitrogens with two attached hydrogens (primary N) is 2. The van der Waals surface area contributed by atoms with E-state index < -0.39 is 0 Å². The van der Waals surface area contributed by atoms with Crippen LogP contribution in [0.25, 0.3) is 12.2 Å². The first-order valence-electron chi connectivity index (χ1n) is 11.5. The Bertz CT molecular complexity index is 945. The number of phenols is 2. The summed E-state index contributed by atoms with van der Waals surface area (Å²) in [6, 6.07) is 8.03. The number of aromatic hydroxyl groups is 2. The quantitative estimate of drug-likeness (QED) is 0.356. The second-order valence-electron chi connectivity index (χ2n) is 9.91. The number of hydrogen-bond donors (Lipinski definition) is 4. The molecule has 6 N–H and O–H groups in total. The van der Waals surface area contributed by atoms with Crippen molar-refractivity contribution in [1.82, 2.24) is 0 Å². The Labute approximate surface area is 193 Å². The van der Waals surface area contributed by atoms with Gasteiger partial charge in [0.25, 0.3) is 0 Å². The van der Waals surface area contributed by atoms with Crippen LogP contribution in [0, 0.1) is 0 Å². The minimum Gasteiger partial charge on any atom is -0.507 e. The van der Waals surface area contributed by atoms with E-state index in [0.717, 1.165) is 22.3 Å². The molecule has 0 radical (unpaired) electrons. The molecule has 0 spiro atoms. The summed E-state index contributed by atoms with van der Waals surface area (Å²) in [7, 11) is 0. The van der Waals surface area contributed by atoms with Crippen molar-refractivity contribution in [2.45, 2.75) is 79.1 Å². The van der Waals surface area contributed by atoms with Crippen LogP contribution in [0.5, 0.6) is 11.5 Å². The first-order valence-corrected chi connectivity index (χ1v) is 11.5. The lowest BCUT2D eigenvalue weighted by Crippen LogP contribution is -2.09. The fourth-order valence-corrected chi connectivity index (χ4v) is 3.68. The molecule has 0 fully saturated rings. The number of rotatable bonds is 7. The molecule has 0 saturated heterocycles. The lowest BCUT2D eigenvalue weighted by Gasteiger charge is -2.17. The van der Waals surface area contributed by atoms with Crippen LogP contribution in [0.2, 0.25) is 0 Å². The molecule has 0 aliphatic carbocycles. The van der Waals surface area contributed by atoms with E-state index in [2.05, 4.69) is 67.5 Å². The van der Waals surface area contributed by atoms with Gasteiger partial charge in [0.15, 0.2) is 0 Å². The van der Waals surface area contributed by atoms with Crippen LogP contribution in [0.15, 0.2) is 35.7 Å². The summed E-state index contributed by atoms with van der Waals surface area (Å²) in [6.07, 6.45) is 3.43. The zero-order chi connectivity index (χ0) is 24.3. The van der Waals surface area contributed by atoms with E-state index in [-0.39, 0.29) is 23.3 Å². The van der Waals surface area contributed by atoms with Crippen molar-refractivity contribution in [1.29, 1.82) is 0 Å². The van der Waals surface area contributed by atoms with Crippen LogP contribution in [-0.4, -0.2) is 10.2 Å². The third-order valence-electron chi connectivity index (χ3n) is 5.92. The van der Waals surface area contributed by atoms with Crippen molar-refractivity contribution in [2.75, 3.05) is 0 Å². The third-order valence-corrected chi connectivity index (χ3v) is 5.92.